The number of ether oxygens (including phenoxy) is 1. The fraction of sp³-hybridized carbons (Fsp3) is 0.222. The van der Waals surface area contributed by atoms with Crippen LogP contribution >= 0.6 is 0 Å². The van der Waals surface area contributed by atoms with E-state index in [-0.39, 0.29) is 0 Å². The number of hydrogen-bond acceptors (Lipinski definition) is 2. The maximum Gasteiger partial charge on any atom is 0.192 e. The van der Waals surface area contributed by atoms with Crippen LogP contribution in [0.1, 0.15) is 19.4 Å². The number of benzene rings is 2. The van der Waals surface area contributed by atoms with Crippen LogP contribution in [0.3, 0.4) is 0 Å². The Labute approximate surface area is 119 Å². The number of hydrogen-bond donors (Lipinski definition) is 0. The first-order valence-electron chi connectivity index (χ1n) is 7.02. The first-order valence-corrected chi connectivity index (χ1v) is 7.02. The molecule has 1 aliphatic rings. The fourth-order valence-electron chi connectivity index (χ4n) is 2.56. The third-order valence-electron chi connectivity index (χ3n) is 3.69. The first-order chi connectivity index (χ1) is 9.71. The third-order valence-corrected chi connectivity index (χ3v) is 3.69. The number of anilines is 1. The van der Waals surface area contributed by atoms with Crippen molar-refractivity contribution in [2.24, 2.45) is 0 Å². The number of fused-ring (bicyclic) bond motifs is 2. The molecule has 0 fully saturated rings. The van der Waals surface area contributed by atoms with Gasteiger partial charge in [0.15, 0.2) is 11.0 Å². The molecule has 0 N–H and O–H groups in total. The SMILES string of the molecule is [CH+]=c1ccc2c(c1)Oc1cc(N(CC)CC)ccc1C=2. The van der Waals surface area contributed by atoms with E-state index in [0.717, 1.165) is 40.6 Å². The molecule has 0 amide bonds. The monoisotopic (exact) mass is 264 g/mol. The summed E-state index contributed by atoms with van der Waals surface area (Å²) in [5, 5.41) is 1.79. The van der Waals surface area contributed by atoms with E-state index < -0.39 is 0 Å². The smallest absolute Gasteiger partial charge is 0.192 e. The Kier molecular flexibility index (Phi) is 3.17. The molecule has 0 atom stereocenters. The Morgan fingerprint density at radius 2 is 1.80 bits per heavy atom. The van der Waals surface area contributed by atoms with Crippen molar-refractivity contribution in [1.82, 2.24) is 0 Å². The van der Waals surface area contributed by atoms with Crippen LogP contribution in [0, 0.1) is 0 Å². The molecular weight excluding hydrogens is 246 g/mol. The highest BCUT2D eigenvalue weighted by Gasteiger charge is 2.14. The molecule has 0 spiro atoms. The van der Waals surface area contributed by atoms with Gasteiger partial charge in [-0.1, -0.05) is 0 Å². The second-order valence-electron chi connectivity index (χ2n) is 4.94. The number of nitrogens with zero attached hydrogens (tertiary/aromatic N) is 1. The van der Waals surface area contributed by atoms with E-state index in [2.05, 4.69) is 43.0 Å². The van der Waals surface area contributed by atoms with Gasteiger partial charge < -0.3 is 9.64 Å². The minimum atomic E-state index is 0.723. The summed E-state index contributed by atoms with van der Waals surface area (Å²) in [7, 11) is 0. The Morgan fingerprint density at radius 1 is 1.00 bits per heavy atom. The summed E-state index contributed by atoms with van der Waals surface area (Å²) in [6.45, 7) is 12.1. The van der Waals surface area contributed by atoms with Gasteiger partial charge in [0.1, 0.15) is 5.75 Å². The molecule has 3 rings (SSSR count). The van der Waals surface area contributed by atoms with Gasteiger partial charge in [-0.3, -0.25) is 0 Å². The zero-order chi connectivity index (χ0) is 14.1. The highest BCUT2D eigenvalue weighted by molar-refractivity contribution is 5.67. The lowest BCUT2D eigenvalue weighted by Gasteiger charge is -2.23. The molecule has 0 radical (unpaired) electrons. The Morgan fingerprint density at radius 3 is 2.55 bits per heavy atom. The van der Waals surface area contributed by atoms with Crippen molar-refractivity contribution in [3.05, 3.63) is 52.4 Å². The molecule has 2 aromatic rings. The summed E-state index contributed by atoms with van der Waals surface area (Å²) in [6, 6.07) is 12.1. The van der Waals surface area contributed by atoms with E-state index in [9.17, 15) is 0 Å². The topological polar surface area (TPSA) is 12.5 Å². The second-order valence-corrected chi connectivity index (χ2v) is 4.94. The molecule has 2 heteroatoms. The van der Waals surface area contributed by atoms with Crippen LogP contribution in [0.4, 0.5) is 5.69 Å². The van der Waals surface area contributed by atoms with E-state index in [1.54, 1.807) is 0 Å². The third kappa shape index (κ3) is 2.15. The highest BCUT2D eigenvalue weighted by atomic mass is 16.5. The molecule has 0 bridgehead atoms. The lowest BCUT2D eigenvalue weighted by Crippen LogP contribution is -2.22. The highest BCUT2D eigenvalue weighted by Crippen LogP contribution is 2.31. The van der Waals surface area contributed by atoms with Crippen LogP contribution in [0.15, 0.2) is 36.4 Å². The normalized spacial score (nSPS) is 11.8. The van der Waals surface area contributed by atoms with Gasteiger partial charge >= 0.3 is 0 Å². The molecule has 2 aromatic carbocycles. The zero-order valence-corrected chi connectivity index (χ0v) is 11.9. The molecular formula is C18H18NO+. The largest absolute Gasteiger partial charge is 0.443 e. The Bertz CT molecular complexity index is 744. The van der Waals surface area contributed by atoms with E-state index >= 15 is 0 Å². The summed E-state index contributed by atoms with van der Waals surface area (Å²) in [5.74, 6) is 1.72. The van der Waals surface area contributed by atoms with Crippen LogP contribution in [0.2, 0.25) is 0 Å². The van der Waals surface area contributed by atoms with Gasteiger partial charge in [0.25, 0.3) is 0 Å². The molecule has 0 unspecified atom stereocenters. The first kappa shape index (κ1) is 12.7. The zero-order valence-electron chi connectivity index (χ0n) is 11.9. The average Bonchev–Trinajstić information content (AvgIpc) is 2.46. The Hall–Kier alpha value is -2.31. The molecule has 0 aliphatic carbocycles. The Balaban J connectivity index is 2.08. The minimum absolute atomic E-state index is 0.723. The molecule has 1 heterocycles. The average molecular weight is 264 g/mol. The van der Waals surface area contributed by atoms with E-state index in [0.29, 0.717) is 0 Å². The van der Waals surface area contributed by atoms with Crippen LogP contribution < -0.4 is 20.1 Å². The predicted molar refractivity (Wildman–Crippen MR) is 83.8 cm³/mol. The summed E-state index contributed by atoms with van der Waals surface area (Å²) < 4.78 is 6.00. The summed E-state index contributed by atoms with van der Waals surface area (Å²) in [4.78, 5) is 2.30. The molecule has 0 saturated carbocycles. The van der Waals surface area contributed by atoms with E-state index in [1.165, 1.54) is 5.69 Å². The molecule has 20 heavy (non-hydrogen) atoms. The molecule has 0 aromatic heterocycles. The van der Waals surface area contributed by atoms with E-state index in [1.807, 2.05) is 18.2 Å². The summed E-state index contributed by atoms with van der Waals surface area (Å²) in [6.07, 6.45) is 2.14. The van der Waals surface area contributed by atoms with E-state index in [4.69, 9.17) is 11.3 Å². The van der Waals surface area contributed by atoms with Crippen LogP contribution in [0.25, 0.3) is 12.7 Å². The van der Waals surface area contributed by atoms with Crippen molar-refractivity contribution in [2.45, 2.75) is 13.8 Å². The second kappa shape index (κ2) is 4.99. The lowest BCUT2D eigenvalue weighted by molar-refractivity contribution is 0.473. The van der Waals surface area contributed by atoms with Gasteiger partial charge in [0.05, 0.1) is 12.1 Å². The van der Waals surface area contributed by atoms with Crippen molar-refractivity contribution >= 4 is 18.3 Å². The van der Waals surface area contributed by atoms with Crippen molar-refractivity contribution in [3.63, 3.8) is 0 Å². The van der Waals surface area contributed by atoms with Crippen molar-refractivity contribution in [1.29, 1.82) is 0 Å². The minimum Gasteiger partial charge on any atom is -0.443 e. The van der Waals surface area contributed by atoms with Crippen LogP contribution in [-0.2, 0) is 0 Å². The van der Waals surface area contributed by atoms with Crippen molar-refractivity contribution in [3.8, 4) is 11.5 Å². The molecule has 1 aliphatic heterocycles. The molecule has 100 valence electrons. The molecule has 2 nitrogen and oxygen atoms in total. The van der Waals surface area contributed by atoms with Crippen molar-refractivity contribution < 1.29 is 4.74 Å². The fourth-order valence-corrected chi connectivity index (χ4v) is 2.56. The maximum atomic E-state index is 6.00. The maximum absolute atomic E-state index is 6.00. The quantitative estimate of drug-likeness (QED) is 0.674. The van der Waals surface area contributed by atoms with Gasteiger partial charge in [-0.05, 0) is 32.1 Å². The summed E-state index contributed by atoms with van der Waals surface area (Å²) in [5.41, 5.74) is 2.30. The van der Waals surface area contributed by atoms with Gasteiger partial charge in [-0.15, -0.1) is 0 Å². The van der Waals surface area contributed by atoms with Gasteiger partial charge in [0.2, 0.25) is 0 Å². The predicted octanol–water partition coefficient (Wildman–Crippen LogP) is 2.75. The number of rotatable bonds is 3. The summed E-state index contributed by atoms with van der Waals surface area (Å²) >= 11 is 0. The van der Waals surface area contributed by atoms with Crippen molar-refractivity contribution in [2.75, 3.05) is 18.0 Å². The van der Waals surface area contributed by atoms with Gasteiger partial charge in [-0.2, -0.15) is 0 Å². The lowest BCUT2D eigenvalue weighted by atomic mass is 10.1. The van der Waals surface area contributed by atoms with Gasteiger partial charge in [0, 0.05) is 48.3 Å². The molecule has 0 saturated heterocycles. The van der Waals surface area contributed by atoms with Gasteiger partial charge in [-0.25, -0.2) is 0 Å². The van der Waals surface area contributed by atoms with Crippen LogP contribution in [0.5, 0.6) is 11.5 Å². The standard InChI is InChI=1S/C18H18NO/c1-4-19(5-2)16-9-8-15-11-14-7-6-13(3)10-17(14)20-18(15)12-16/h3,6-12H,4-5H2,1-2H3/q+1. The van der Waals surface area contributed by atoms with Crippen LogP contribution in [-0.4, -0.2) is 13.1 Å².